The van der Waals surface area contributed by atoms with Crippen LogP contribution in [0.5, 0.6) is 0 Å². The molecule has 0 saturated heterocycles. The van der Waals surface area contributed by atoms with Crippen LogP contribution >= 0.6 is 0 Å². The number of hydrogen-bond acceptors (Lipinski definition) is 1. The highest BCUT2D eigenvalue weighted by atomic mass is 15.0. The van der Waals surface area contributed by atoms with Gasteiger partial charge in [0.05, 0.1) is 18.0 Å². The zero-order valence-corrected chi connectivity index (χ0v) is 16.6. The van der Waals surface area contributed by atoms with Gasteiger partial charge in [-0.05, 0) is 66.4 Å². The Hall–Kier alpha value is -2.22. The molecule has 25 heavy (non-hydrogen) atoms. The van der Waals surface area contributed by atoms with Crippen molar-refractivity contribution in [2.24, 2.45) is 12.5 Å². The lowest BCUT2D eigenvalue weighted by Crippen LogP contribution is -2.32. The van der Waals surface area contributed by atoms with E-state index in [2.05, 4.69) is 89.7 Å². The molecule has 0 amide bonds. The van der Waals surface area contributed by atoms with Crippen LogP contribution in [0, 0.1) is 26.2 Å². The SMILES string of the molecule is Cc1cc(C)c(C)c(-c2nc3c(CC(C)(C)C)cccc3c[n+]2C)c1. The van der Waals surface area contributed by atoms with Crippen LogP contribution in [0.3, 0.4) is 0 Å². The summed E-state index contributed by atoms with van der Waals surface area (Å²) in [5.41, 5.74) is 7.83. The second kappa shape index (κ2) is 6.25. The van der Waals surface area contributed by atoms with Gasteiger partial charge in [0.25, 0.3) is 0 Å². The summed E-state index contributed by atoms with van der Waals surface area (Å²) in [6.07, 6.45) is 3.23. The lowest BCUT2D eigenvalue weighted by molar-refractivity contribution is -0.661. The zero-order valence-electron chi connectivity index (χ0n) is 16.6. The molecule has 1 aromatic heterocycles. The van der Waals surface area contributed by atoms with Crippen LogP contribution in [0.1, 0.15) is 43.0 Å². The van der Waals surface area contributed by atoms with E-state index in [0.717, 1.165) is 17.8 Å². The van der Waals surface area contributed by atoms with Crippen LogP contribution in [0.2, 0.25) is 0 Å². The molecule has 0 N–H and O–H groups in total. The Morgan fingerprint density at radius 1 is 1.04 bits per heavy atom. The predicted molar refractivity (Wildman–Crippen MR) is 106 cm³/mol. The molecule has 0 atom stereocenters. The molecule has 0 aliphatic rings. The van der Waals surface area contributed by atoms with Gasteiger partial charge >= 0.3 is 5.82 Å². The third-order valence-electron chi connectivity index (χ3n) is 4.81. The third-order valence-corrected chi connectivity index (χ3v) is 4.81. The summed E-state index contributed by atoms with van der Waals surface area (Å²) < 4.78 is 2.16. The molecular formula is C23H29N2+. The first-order valence-corrected chi connectivity index (χ1v) is 9.02. The second-order valence-corrected chi connectivity index (χ2v) is 8.52. The Kier molecular flexibility index (Phi) is 4.40. The Bertz CT molecular complexity index is 946. The molecule has 0 aliphatic heterocycles. The highest BCUT2D eigenvalue weighted by Gasteiger charge is 2.22. The smallest absolute Gasteiger partial charge is 0.232 e. The van der Waals surface area contributed by atoms with Crippen molar-refractivity contribution < 1.29 is 4.57 Å². The Labute approximate surface area is 151 Å². The van der Waals surface area contributed by atoms with Crippen molar-refractivity contribution in [3.63, 3.8) is 0 Å². The molecule has 0 bridgehead atoms. The van der Waals surface area contributed by atoms with Crippen molar-refractivity contribution >= 4 is 10.9 Å². The highest BCUT2D eigenvalue weighted by molar-refractivity contribution is 5.82. The number of hydrogen-bond donors (Lipinski definition) is 0. The minimum atomic E-state index is 0.240. The molecule has 0 fully saturated rings. The summed E-state index contributed by atoms with van der Waals surface area (Å²) in [5, 5.41) is 1.20. The van der Waals surface area contributed by atoms with E-state index in [1.165, 1.54) is 33.2 Å². The maximum absolute atomic E-state index is 5.14. The van der Waals surface area contributed by atoms with Crippen molar-refractivity contribution in [1.82, 2.24) is 4.98 Å². The van der Waals surface area contributed by atoms with Gasteiger partial charge in [-0.1, -0.05) is 39.0 Å². The van der Waals surface area contributed by atoms with Crippen LogP contribution in [0.25, 0.3) is 22.3 Å². The number of aromatic nitrogens is 2. The minimum Gasteiger partial charge on any atom is -0.232 e. The first-order valence-electron chi connectivity index (χ1n) is 9.02. The van der Waals surface area contributed by atoms with Gasteiger partial charge in [0.2, 0.25) is 0 Å². The first kappa shape index (κ1) is 17.6. The normalized spacial score (nSPS) is 12.0. The van der Waals surface area contributed by atoms with Gasteiger partial charge in [0.1, 0.15) is 6.20 Å². The van der Waals surface area contributed by atoms with E-state index in [1.54, 1.807) is 0 Å². The molecule has 2 aromatic carbocycles. The van der Waals surface area contributed by atoms with Gasteiger partial charge in [-0.25, -0.2) is 4.57 Å². The topological polar surface area (TPSA) is 16.8 Å². The van der Waals surface area contributed by atoms with Crippen molar-refractivity contribution in [3.8, 4) is 11.4 Å². The fourth-order valence-corrected chi connectivity index (χ4v) is 3.54. The molecule has 0 saturated carbocycles. The Morgan fingerprint density at radius 2 is 1.76 bits per heavy atom. The summed E-state index contributed by atoms with van der Waals surface area (Å²) >= 11 is 0. The number of nitrogens with zero attached hydrogens (tertiary/aromatic N) is 2. The van der Waals surface area contributed by atoms with E-state index >= 15 is 0 Å². The molecule has 3 aromatic rings. The largest absolute Gasteiger partial charge is 0.331 e. The Balaban J connectivity index is 2.27. The maximum Gasteiger partial charge on any atom is 0.331 e. The van der Waals surface area contributed by atoms with Crippen LogP contribution in [-0.2, 0) is 13.5 Å². The summed E-state index contributed by atoms with van der Waals surface area (Å²) in [5.74, 6) is 1.04. The average Bonchev–Trinajstić information content (AvgIpc) is 2.49. The quantitative estimate of drug-likeness (QED) is 0.586. The number of fused-ring (bicyclic) bond motifs is 1. The fourth-order valence-electron chi connectivity index (χ4n) is 3.54. The third kappa shape index (κ3) is 3.58. The average molecular weight is 333 g/mol. The maximum atomic E-state index is 5.14. The first-order chi connectivity index (χ1) is 11.7. The molecule has 130 valence electrons. The lowest BCUT2D eigenvalue weighted by Gasteiger charge is -2.18. The van der Waals surface area contributed by atoms with Crippen molar-refractivity contribution in [2.45, 2.75) is 48.0 Å². The van der Waals surface area contributed by atoms with Crippen LogP contribution in [0.15, 0.2) is 36.5 Å². The summed E-state index contributed by atoms with van der Waals surface area (Å²) in [7, 11) is 2.09. The number of aryl methyl sites for hydroxylation is 3. The van der Waals surface area contributed by atoms with Gasteiger partial charge in [-0.2, -0.15) is 0 Å². The summed E-state index contributed by atoms with van der Waals surface area (Å²) in [6, 6.07) is 11.0. The molecule has 0 aliphatic carbocycles. The number of benzene rings is 2. The van der Waals surface area contributed by atoms with Crippen LogP contribution in [-0.4, -0.2) is 4.98 Å². The van der Waals surface area contributed by atoms with E-state index < -0.39 is 0 Å². The minimum absolute atomic E-state index is 0.240. The van der Waals surface area contributed by atoms with E-state index in [0.29, 0.717) is 0 Å². The van der Waals surface area contributed by atoms with E-state index in [4.69, 9.17) is 4.98 Å². The van der Waals surface area contributed by atoms with Gasteiger partial charge in [-0.15, -0.1) is 0 Å². The van der Waals surface area contributed by atoms with Crippen molar-refractivity contribution in [2.75, 3.05) is 0 Å². The van der Waals surface area contributed by atoms with Gasteiger partial charge in [-0.3, -0.25) is 0 Å². The summed E-state index contributed by atoms with van der Waals surface area (Å²) in [6.45, 7) is 13.4. The zero-order chi connectivity index (χ0) is 18.4. The van der Waals surface area contributed by atoms with Crippen LogP contribution in [0.4, 0.5) is 0 Å². The predicted octanol–water partition coefficient (Wildman–Crippen LogP) is 5.24. The standard InChI is InChI=1S/C23H29N2/c1-15-11-16(2)17(3)20(12-15)22-24-21-18(13-23(4,5)6)9-8-10-19(21)14-25(22)7/h8-12,14H,13H2,1-7H3/q+1. The second-order valence-electron chi connectivity index (χ2n) is 8.52. The van der Waals surface area contributed by atoms with Gasteiger partial charge in [0, 0.05) is 5.56 Å². The summed E-state index contributed by atoms with van der Waals surface area (Å²) in [4.78, 5) is 5.14. The number of rotatable bonds is 2. The molecular weight excluding hydrogens is 304 g/mol. The highest BCUT2D eigenvalue weighted by Crippen LogP contribution is 2.28. The van der Waals surface area contributed by atoms with Gasteiger partial charge < -0.3 is 0 Å². The van der Waals surface area contributed by atoms with E-state index in [1.807, 2.05) is 0 Å². The number of para-hydroxylation sites is 1. The lowest BCUT2D eigenvalue weighted by atomic mass is 9.87. The van der Waals surface area contributed by atoms with E-state index in [9.17, 15) is 0 Å². The molecule has 2 heteroatoms. The molecule has 2 nitrogen and oxygen atoms in total. The monoisotopic (exact) mass is 333 g/mol. The van der Waals surface area contributed by atoms with Gasteiger partial charge in [0.15, 0.2) is 5.52 Å². The molecule has 1 heterocycles. The van der Waals surface area contributed by atoms with Crippen molar-refractivity contribution in [3.05, 3.63) is 58.8 Å². The van der Waals surface area contributed by atoms with Crippen molar-refractivity contribution in [1.29, 1.82) is 0 Å². The fraction of sp³-hybridized carbons (Fsp3) is 0.391. The Morgan fingerprint density at radius 3 is 2.44 bits per heavy atom. The van der Waals surface area contributed by atoms with Crippen LogP contribution < -0.4 is 4.57 Å². The molecule has 0 spiro atoms. The molecule has 0 radical (unpaired) electrons. The van der Waals surface area contributed by atoms with E-state index in [-0.39, 0.29) is 5.41 Å². The molecule has 0 unspecified atom stereocenters. The molecule has 3 rings (SSSR count).